The number of carbonyl (C=O) groups excluding carboxylic acids is 1. The molecule has 0 atom stereocenters. The van der Waals surface area contributed by atoms with Gasteiger partial charge in [-0.25, -0.2) is 9.59 Å². The summed E-state index contributed by atoms with van der Waals surface area (Å²) in [5.41, 5.74) is 1.19. The second-order valence-electron chi connectivity index (χ2n) is 5.24. The van der Waals surface area contributed by atoms with Crippen molar-refractivity contribution in [3.63, 3.8) is 0 Å². The maximum absolute atomic E-state index is 12.0. The molecule has 0 spiro atoms. The smallest absolute Gasteiger partial charge is 0.346 e. The maximum Gasteiger partial charge on any atom is 0.346 e. The van der Waals surface area contributed by atoms with Gasteiger partial charge in [0, 0.05) is 11.1 Å². The molecule has 136 valence electrons. The summed E-state index contributed by atoms with van der Waals surface area (Å²) < 4.78 is 38.6. The first-order valence-electron chi connectivity index (χ1n) is 6.94. The number of rotatable bonds is 6. The molecule has 1 heterocycles. The van der Waals surface area contributed by atoms with E-state index in [2.05, 4.69) is 0 Å². The van der Waals surface area contributed by atoms with Gasteiger partial charge in [-0.15, -0.1) is 0 Å². The Morgan fingerprint density at radius 3 is 2.56 bits per heavy atom. The molecular formula is C15H15ClO8S. The number of hydrogen-bond donors (Lipinski definition) is 1. The molecule has 0 saturated heterocycles. The van der Waals surface area contributed by atoms with Crippen molar-refractivity contribution in [2.75, 3.05) is 13.4 Å². The second-order valence-corrected chi connectivity index (χ2v) is 7.23. The summed E-state index contributed by atoms with van der Waals surface area (Å²) in [5.74, 6) is -2.05. The molecule has 1 aliphatic rings. The van der Waals surface area contributed by atoms with E-state index in [9.17, 15) is 18.0 Å². The molecule has 10 heteroatoms. The topological polar surface area (TPSA) is 116 Å². The highest BCUT2D eigenvalue weighted by Crippen LogP contribution is 2.43. The highest BCUT2D eigenvalue weighted by atomic mass is 35.5. The van der Waals surface area contributed by atoms with E-state index in [4.69, 9.17) is 30.4 Å². The summed E-state index contributed by atoms with van der Waals surface area (Å²) >= 11 is 5.60. The number of ether oxygens (including phenoxy) is 2. The van der Waals surface area contributed by atoms with Gasteiger partial charge in [-0.1, -0.05) is 17.7 Å². The molecule has 1 aliphatic heterocycles. The number of benzene rings is 1. The zero-order valence-electron chi connectivity index (χ0n) is 13.6. The fourth-order valence-electron chi connectivity index (χ4n) is 2.53. The van der Waals surface area contributed by atoms with Gasteiger partial charge in [0.1, 0.15) is 23.0 Å². The number of allylic oxidation sites excluding steroid dienone is 1. The standard InChI is InChI=1S/C15H15ClO8S/c1-7-9-6-23-15(19)11(9)13(24-25(3,20)21)8(12(7)22-2)4-5-10(16)14(17)18/h5H,4,6H2,1-3H3,(H,17,18)/b10-5-. The Labute approximate surface area is 149 Å². The lowest BCUT2D eigenvalue weighted by molar-refractivity contribution is -0.131. The van der Waals surface area contributed by atoms with Crippen molar-refractivity contribution in [1.82, 2.24) is 0 Å². The molecule has 1 aromatic rings. The van der Waals surface area contributed by atoms with Crippen molar-refractivity contribution < 1.29 is 36.8 Å². The number of esters is 1. The molecule has 1 N–H and O–H groups in total. The fraction of sp³-hybridized carbons (Fsp3) is 0.333. The van der Waals surface area contributed by atoms with Gasteiger partial charge in [-0.05, 0) is 18.9 Å². The quantitative estimate of drug-likeness (QED) is 0.443. The first kappa shape index (κ1) is 19.1. The summed E-state index contributed by atoms with van der Waals surface area (Å²) in [7, 11) is -2.61. The third kappa shape index (κ3) is 3.88. The lowest BCUT2D eigenvalue weighted by atomic mass is 9.95. The van der Waals surface area contributed by atoms with E-state index in [1.165, 1.54) is 7.11 Å². The van der Waals surface area contributed by atoms with Crippen LogP contribution in [0.1, 0.15) is 27.0 Å². The van der Waals surface area contributed by atoms with Crippen molar-refractivity contribution in [3.05, 3.63) is 33.4 Å². The van der Waals surface area contributed by atoms with Crippen molar-refractivity contribution in [3.8, 4) is 11.5 Å². The number of hydrogen-bond acceptors (Lipinski definition) is 7. The van der Waals surface area contributed by atoms with Gasteiger partial charge >= 0.3 is 22.1 Å². The van der Waals surface area contributed by atoms with Crippen LogP contribution in [0.2, 0.25) is 0 Å². The summed E-state index contributed by atoms with van der Waals surface area (Å²) in [6.07, 6.45) is 1.86. The van der Waals surface area contributed by atoms with Crippen LogP contribution in [-0.2, 0) is 32.7 Å². The first-order chi connectivity index (χ1) is 11.6. The molecule has 0 aliphatic carbocycles. The molecule has 25 heavy (non-hydrogen) atoms. The van der Waals surface area contributed by atoms with Gasteiger partial charge in [0.2, 0.25) is 0 Å². The fourth-order valence-corrected chi connectivity index (χ4v) is 3.10. The predicted molar refractivity (Wildman–Crippen MR) is 87.6 cm³/mol. The molecule has 0 saturated carbocycles. The van der Waals surface area contributed by atoms with Crippen LogP contribution < -0.4 is 8.92 Å². The van der Waals surface area contributed by atoms with Crippen LogP contribution in [0.25, 0.3) is 0 Å². The average Bonchev–Trinajstić information content (AvgIpc) is 2.89. The first-order valence-corrected chi connectivity index (χ1v) is 9.14. The van der Waals surface area contributed by atoms with Crippen molar-refractivity contribution in [2.45, 2.75) is 20.0 Å². The third-order valence-corrected chi connectivity index (χ3v) is 4.34. The molecule has 0 fully saturated rings. The lowest BCUT2D eigenvalue weighted by Gasteiger charge is -2.18. The molecule has 1 aromatic carbocycles. The van der Waals surface area contributed by atoms with Crippen LogP contribution in [-0.4, -0.2) is 38.8 Å². The Balaban J connectivity index is 2.76. The Morgan fingerprint density at radius 1 is 1.40 bits per heavy atom. The van der Waals surface area contributed by atoms with E-state index in [-0.39, 0.29) is 35.7 Å². The van der Waals surface area contributed by atoms with Crippen LogP contribution in [0.5, 0.6) is 11.5 Å². The number of fused-ring (bicyclic) bond motifs is 1. The minimum absolute atomic E-state index is 0.0152. The largest absolute Gasteiger partial charge is 0.496 e. The van der Waals surface area contributed by atoms with Gasteiger partial charge in [0.05, 0.1) is 13.4 Å². The van der Waals surface area contributed by atoms with E-state index in [1.54, 1.807) is 6.92 Å². The lowest BCUT2D eigenvalue weighted by Crippen LogP contribution is -2.13. The van der Waals surface area contributed by atoms with Crippen molar-refractivity contribution in [1.29, 1.82) is 0 Å². The Kier molecular flexibility index (Phi) is 5.28. The number of carbonyl (C=O) groups is 2. The summed E-state index contributed by atoms with van der Waals surface area (Å²) in [6.45, 7) is 1.64. The zero-order chi connectivity index (χ0) is 18.9. The van der Waals surface area contributed by atoms with Gasteiger partial charge in [0.25, 0.3) is 0 Å². The monoisotopic (exact) mass is 390 g/mol. The summed E-state index contributed by atoms with van der Waals surface area (Å²) in [5, 5.41) is 8.40. The number of carboxylic acid groups (broad SMARTS) is 1. The minimum Gasteiger partial charge on any atom is -0.496 e. The van der Waals surface area contributed by atoms with E-state index < -0.39 is 27.1 Å². The molecule has 0 aromatic heterocycles. The Morgan fingerprint density at radius 2 is 2.04 bits per heavy atom. The summed E-state index contributed by atoms with van der Waals surface area (Å²) in [4.78, 5) is 22.9. The van der Waals surface area contributed by atoms with Crippen LogP contribution in [0, 0.1) is 6.92 Å². The maximum atomic E-state index is 12.0. The third-order valence-electron chi connectivity index (χ3n) is 3.55. The minimum atomic E-state index is -3.97. The number of cyclic esters (lactones) is 1. The molecule has 0 amide bonds. The van der Waals surface area contributed by atoms with Crippen molar-refractivity contribution >= 4 is 33.7 Å². The van der Waals surface area contributed by atoms with E-state index in [1.807, 2.05) is 0 Å². The zero-order valence-corrected chi connectivity index (χ0v) is 15.2. The average molecular weight is 391 g/mol. The number of methoxy groups -OCH3 is 1. The van der Waals surface area contributed by atoms with E-state index in [0.29, 0.717) is 11.1 Å². The summed E-state index contributed by atoms with van der Waals surface area (Å²) in [6, 6.07) is 0. The van der Waals surface area contributed by atoms with Gasteiger partial charge in [-0.2, -0.15) is 8.42 Å². The number of aliphatic carboxylic acids is 1. The van der Waals surface area contributed by atoms with Gasteiger partial charge < -0.3 is 18.8 Å². The molecule has 2 rings (SSSR count). The molecule has 0 radical (unpaired) electrons. The molecule has 8 nitrogen and oxygen atoms in total. The van der Waals surface area contributed by atoms with Crippen molar-refractivity contribution in [2.24, 2.45) is 0 Å². The second kappa shape index (κ2) is 6.93. The predicted octanol–water partition coefficient (Wildman–Crippen LogP) is 1.76. The van der Waals surface area contributed by atoms with Crippen LogP contribution in [0.15, 0.2) is 11.1 Å². The number of halogens is 1. The number of carboxylic acids is 1. The SMILES string of the molecule is COc1c(C)c2c(c(OS(C)(=O)=O)c1C/C=C(\Cl)C(=O)O)C(=O)OC2. The van der Waals surface area contributed by atoms with E-state index in [0.717, 1.165) is 12.3 Å². The highest BCUT2D eigenvalue weighted by Gasteiger charge is 2.34. The molecule has 0 unspecified atom stereocenters. The van der Waals surface area contributed by atoms with Gasteiger partial charge in [0.15, 0.2) is 5.75 Å². The van der Waals surface area contributed by atoms with Crippen LogP contribution >= 0.6 is 11.6 Å². The Hall–Kier alpha value is -2.26. The Bertz CT molecular complexity index is 886. The van der Waals surface area contributed by atoms with E-state index >= 15 is 0 Å². The molecular weight excluding hydrogens is 376 g/mol. The van der Waals surface area contributed by atoms with Gasteiger partial charge in [-0.3, -0.25) is 0 Å². The normalized spacial score (nSPS) is 14.1. The van der Waals surface area contributed by atoms with Crippen LogP contribution in [0.3, 0.4) is 0 Å². The van der Waals surface area contributed by atoms with Crippen LogP contribution in [0.4, 0.5) is 0 Å². The molecule has 0 bridgehead atoms. The highest BCUT2D eigenvalue weighted by molar-refractivity contribution is 7.86.